The molecule has 140 valence electrons. The van der Waals surface area contributed by atoms with Gasteiger partial charge in [0.2, 0.25) is 0 Å². The van der Waals surface area contributed by atoms with E-state index >= 15 is 0 Å². The van der Waals surface area contributed by atoms with Crippen LogP contribution in [0.3, 0.4) is 0 Å². The zero-order chi connectivity index (χ0) is 19.1. The summed E-state index contributed by atoms with van der Waals surface area (Å²) >= 11 is 0. The number of hydrogen-bond donors (Lipinski definition) is 3. The van der Waals surface area contributed by atoms with Crippen molar-refractivity contribution in [3.8, 4) is 0 Å². The van der Waals surface area contributed by atoms with Gasteiger partial charge in [-0.2, -0.15) is 0 Å². The summed E-state index contributed by atoms with van der Waals surface area (Å²) in [5, 5.41) is 18.0. The Balaban J connectivity index is 1.95. The fourth-order valence-electron chi connectivity index (χ4n) is 3.05. The maximum atomic E-state index is 12.7. The van der Waals surface area contributed by atoms with Crippen LogP contribution in [0.15, 0.2) is 54.9 Å². The molecule has 0 bridgehead atoms. The standard InChI is InChI=1S/C19H25F2N5/c1-14(12-25(13-22)19(23)18(20)21)26-10-6-9-17(26)15(2)24-11-16-7-4-3-5-8-16/h3-5,7-8,13,17-18,22-24H,1-2,6,9-12H2. The SMILES string of the molecule is C=C(NCc1ccccc1)C1CCCN1C(=C)CN(C=N)C(=N)C(F)F. The molecule has 1 aromatic carbocycles. The first kappa shape index (κ1) is 19.6. The van der Waals surface area contributed by atoms with Gasteiger partial charge in [0, 0.05) is 24.5 Å². The molecule has 0 spiro atoms. The Morgan fingerprint density at radius 1 is 1.35 bits per heavy atom. The molecule has 5 nitrogen and oxygen atoms in total. The minimum absolute atomic E-state index is 0.00482. The van der Waals surface area contributed by atoms with Gasteiger partial charge in [-0.25, -0.2) is 8.78 Å². The van der Waals surface area contributed by atoms with Crippen molar-refractivity contribution in [2.24, 2.45) is 0 Å². The maximum Gasteiger partial charge on any atom is 0.295 e. The third kappa shape index (κ3) is 4.91. The average molecular weight is 361 g/mol. The summed E-state index contributed by atoms with van der Waals surface area (Å²) in [5.74, 6) is -0.891. The summed E-state index contributed by atoms with van der Waals surface area (Å²) in [6.45, 7) is 9.53. The van der Waals surface area contributed by atoms with Gasteiger partial charge in [0.05, 0.1) is 18.9 Å². The molecule has 0 aliphatic carbocycles. The summed E-state index contributed by atoms with van der Waals surface area (Å²) in [6.07, 6.45) is -0.322. The topological polar surface area (TPSA) is 66.2 Å². The van der Waals surface area contributed by atoms with E-state index < -0.39 is 12.3 Å². The van der Waals surface area contributed by atoms with Gasteiger partial charge < -0.3 is 15.1 Å². The summed E-state index contributed by atoms with van der Waals surface area (Å²) in [7, 11) is 0. The molecule has 0 aromatic heterocycles. The third-order valence-corrected chi connectivity index (χ3v) is 4.45. The molecule has 1 saturated heterocycles. The third-order valence-electron chi connectivity index (χ3n) is 4.45. The highest BCUT2D eigenvalue weighted by Crippen LogP contribution is 2.26. The summed E-state index contributed by atoms with van der Waals surface area (Å²) in [5.41, 5.74) is 2.61. The molecule has 1 unspecified atom stereocenters. The van der Waals surface area contributed by atoms with E-state index in [1.807, 2.05) is 35.2 Å². The average Bonchev–Trinajstić information content (AvgIpc) is 3.14. The minimum atomic E-state index is -2.92. The molecule has 1 aromatic rings. The molecule has 0 amide bonds. The van der Waals surface area contributed by atoms with Crippen LogP contribution in [0, 0.1) is 10.8 Å². The molecule has 3 N–H and O–H groups in total. The highest BCUT2D eigenvalue weighted by molar-refractivity contribution is 5.91. The first-order valence-corrected chi connectivity index (χ1v) is 8.49. The molecule has 7 heteroatoms. The van der Waals surface area contributed by atoms with Gasteiger partial charge >= 0.3 is 0 Å². The molecule has 2 rings (SSSR count). The molecule has 0 radical (unpaired) electrons. The second-order valence-corrected chi connectivity index (χ2v) is 6.22. The van der Waals surface area contributed by atoms with Crippen LogP contribution in [-0.4, -0.2) is 47.5 Å². The number of rotatable bonds is 9. The van der Waals surface area contributed by atoms with E-state index in [1.54, 1.807) is 0 Å². The van der Waals surface area contributed by atoms with E-state index in [0.717, 1.165) is 41.9 Å². The zero-order valence-corrected chi connectivity index (χ0v) is 14.7. The summed E-state index contributed by atoms with van der Waals surface area (Å²) in [6, 6.07) is 10.0. The van der Waals surface area contributed by atoms with E-state index in [-0.39, 0.29) is 12.6 Å². The van der Waals surface area contributed by atoms with Crippen LogP contribution in [0.4, 0.5) is 8.78 Å². The predicted molar refractivity (Wildman–Crippen MR) is 101 cm³/mol. The minimum Gasteiger partial charge on any atom is -0.383 e. The quantitative estimate of drug-likeness (QED) is 0.466. The van der Waals surface area contributed by atoms with E-state index in [2.05, 4.69) is 18.5 Å². The molecule has 1 aliphatic heterocycles. The fraction of sp³-hybridized carbons (Fsp3) is 0.368. The number of benzene rings is 1. The molecule has 1 heterocycles. The van der Waals surface area contributed by atoms with Crippen molar-refractivity contribution in [3.05, 3.63) is 60.4 Å². The van der Waals surface area contributed by atoms with Crippen LogP contribution >= 0.6 is 0 Å². The van der Waals surface area contributed by atoms with E-state index in [0.29, 0.717) is 12.2 Å². The highest BCUT2D eigenvalue weighted by Gasteiger charge is 2.29. The smallest absolute Gasteiger partial charge is 0.295 e. The number of halogens is 2. The molecule has 1 fully saturated rings. The summed E-state index contributed by atoms with van der Waals surface area (Å²) in [4.78, 5) is 2.93. The first-order chi connectivity index (χ1) is 12.4. The lowest BCUT2D eigenvalue weighted by Crippen LogP contribution is -2.41. The first-order valence-electron chi connectivity index (χ1n) is 8.49. The lowest BCUT2D eigenvalue weighted by molar-refractivity contribution is 0.209. The highest BCUT2D eigenvalue weighted by atomic mass is 19.3. The van der Waals surface area contributed by atoms with Gasteiger partial charge in [-0.15, -0.1) is 0 Å². The van der Waals surface area contributed by atoms with Crippen molar-refractivity contribution < 1.29 is 8.78 Å². The number of nitrogens with one attached hydrogen (secondary N) is 3. The number of hydrogen-bond acceptors (Lipinski definition) is 4. The number of amidine groups is 1. The molecular weight excluding hydrogens is 336 g/mol. The Morgan fingerprint density at radius 2 is 2.04 bits per heavy atom. The Morgan fingerprint density at radius 3 is 2.65 bits per heavy atom. The largest absolute Gasteiger partial charge is 0.383 e. The van der Waals surface area contributed by atoms with Gasteiger partial charge in [0.15, 0.2) is 5.84 Å². The van der Waals surface area contributed by atoms with E-state index in [9.17, 15) is 8.78 Å². The van der Waals surface area contributed by atoms with Gasteiger partial charge in [0.25, 0.3) is 6.43 Å². The second-order valence-electron chi connectivity index (χ2n) is 6.22. The molecule has 1 aliphatic rings. The summed E-state index contributed by atoms with van der Waals surface area (Å²) < 4.78 is 25.4. The number of alkyl halides is 2. The number of likely N-dealkylation sites (tertiary alicyclic amines) is 1. The molecule has 0 saturated carbocycles. The Kier molecular flexibility index (Phi) is 6.89. The van der Waals surface area contributed by atoms with E-state index in [4.69, 9.17) is 10.8 Å². The molecule has 26 heavy (non-hydrogen) atoms. The van der Waals surface area contributed by atoms with Crippen LogP contribution < -0.4 is 5.32 Å². The van der Waals surface area contributed by atoms with Crippen LogP contribution in [0.25, 0.3) is 0 Å². The molecular formula is C19H25F2N5. The van der Waals surface area contributed by atoms with Crippen molar-refractivity contribution in [1.29, 1.82) is 10.8 Å². The van der Waals surface area contributed by atoms with Gasteiger partial charge in [0.1, 0.15) is 0 Å². The van der Waals surface area contributed by atoms with Crippen molar-refractivity contribution in [1.82, 2.24) is 15.1 Å². The van der Waals surface area contributed by atoms with Gasteiger partial charge in [-0.3, -0.25) is 10.8 Å². The van der Waals surface area contributed by atoms with Crippen LogP contribution in [0.5, 0.6) is 0 Å². The van der Waals surface area contributed by atoms with Crippen molar-refractivity contribution in [3.63, 3.8) is 0 Å². The number of nitrogens with zero attached hydrogens (tertiary/aromatic N) is 2. The van der Waals surface area contributed by atoms with Crippen molar-refractivity contribution >= 4 is 12.2 Å². The van der Waals surface area contributed by atoms with Crippen molar-refractivity contribution in [2.45, 2.75) is 31.9 Å². The second kappa shape index (κ2) is 9.12. The Bertz CT molecular complexity index is 659. The Hall–Kier alpha value is -2.70. The lowest BCUT2D eigenvalue weighted by atomic mass is 10.1. The lowest BCUT2D eigenvalue weighted by Gasteiger charge is -2.32. The van der Waals surface area contributed by atoms with Crippen LogP contribution in [0.2, 0.25) is 0 Å². The molecule has 1 atom stereocenters. The monoisotopic (exact) mass is 361 g/mol. The van der Waals surface area contributed by atoms with Crippen LogP contribution in [-0.2, 0) is 6.54 Å². The maximum absolute atomic E-state index is 12.7. The predicted octanol–water partition coefficient (Wildman–Crippen LogP) is 3.42. The normalized spacial score (nSPS) is 16.4. The fourth-order valence-corrected chi connectivity index (χ4v) is 3.05. The van der Waals surface area contributed by atoms with E-state index in [1.165, 1.54) is 0 Å². The zero-order valence-electron chi connectivity index (χ0n) is 14.7. The van der Waals surface area contributed by atoms with Crippen LogP contribution in [0.1, 0.15) is 18.4 Å². The van der Waals surface area contributed by atoms with Gasteiger partial charge in [-0.05, 0) is 18.4 Å². The van der Waals surface area contributed by atoms with Gasteiger partial charge in [-0.1, -0.05) is 43.5 Å². The Labute approximate surface area is 153 Å². The van der Waals surface area contributed by atoms with Crippen molar-refractivity contribution in [2.75, 3.05) is 13.1 Å².